The molecule has 2 heterocycles. The van der Waals surface area contributed by atoms with E-state index in [2.05, 4.69) is 0 Å². The number of amides is 2. The highest BCUT2D eigenvalue weighted by Crippen LogP contribution is 2.26. The molecule has 2 aliphatic heterocycles. The van der Waals surface area contributed by atoms with Crippen LogP contribution in [0.4, 0.5) is 4.79 Å². The van der Waals surface area contributed by atoms with Gasteiger partial charge >= 0.3 is 12.0 Å². The van der Waals surface area contributed by atoms with E-state index in [1.807, 2.05) is 11.8 Å². The van der Waals surface area contributed by atoms with Gasteiger partial charge in [0.25, 0.3) is 0 Å². The smallest absolute Gasteiger partial charge is 0.320 e. The Morgan fingerprint density at radius 3 is 2.40 bits per heavy atom. The monoisotopic (exact) mass is 284 g/mol. The van der Waals surface area contributed by atoms with Crippen molar-refractivity contribution in [2.24, 2.45) is 5.92 Å². The lowest BCUT2D eigenvalue weighted by Crippen LogP contribution is -2.55. The number of ether oxygens (including phenoxy) is 1. The molecule has 0 aromatic heterocycles. The van der Waals surface area contributed by atoms with Crippen molar-refractivity contribution >= 4 is 12.0 Å². The van der Waals surface area contributed by atoms with Crippen molar-refractivity contribution in [1.29, 1.82) is 0 Å². The molecule has 0 radical (unpaired) electrons. The Hall–Kier alpha value is -1.30. The molecule has 1 atom stereocenters. The average Bonchev–Trinajstić information content (AvgIpc) is 2.46. The van der Waals surface area contributed by atoms with Crippen molar-refractivity contribution in [2.75, 3.05) is 33.3 Å². The molecule has 2 fully saturated rings. The number of methoxy groups -OCH3 is 1. The van der Waals surface area contributed by atoms with Gasteiger partial charge in [0.2, 0.25) is 0 Å². The van der Waals surface area contributed by atoms with Gasteiger partial charge in [0.15, 0.2) is 0 Å². The Kier molecular flexibility index (Phi) is 4.52. The molecule has 0 bridgehead atoms. The Balaban J connectivity index is 1.90. The lowest BCUT2D eigenvalue weighted by molar-refractivity contribution is -0.143. The summed E-state index contributed by atoms with van der Waals surface area (Å²) in [5.74, 6) is -1.05. The standard InChI is InChI=1S/C14H24N2O4/c1-14(20-2)6-3-7-16(10-14)13(19)15-8-4-11(5-9-15)12(17)18/h11H,3-10H2,1-2H3,(H,17,18). The summed E-state index contributed by atoms with van der Waals surface area (Å²) in [5, 5.41) is 8.98. The maximum Gasteiger partial charge on any atom is 0.320 e. The van der Waals surface area contributed by atoms with Gasteiger partial charge in [0.05, 0.1) is 18.1 Å². The van der Waals surface area contributed by atoms with E-state index in [9.17, 15) is 9.59 Å². The van der Waals surface area contributed by atoms with Crippen LogP contribution in [0.2, 0.25) is 0 Å². The summed E-state index contributed by atoms with van der Waals surface area (Å²) in [6.45, 7) is 4.48. The largest absolute Gasteiger partial charge is 0.481 e. The first-order valence-electron chi connectivity index (χ1n) is 7.27. The molecular formula is C14H24N2O4. The molecule has 2 amide bonds. The van der Waals surface area contributed by atoms with Gasteiger partial charge in [-0.05, 0) is 32.6 Å². The highest BCUT2D eigenvalue weighted by molar-refractivity contribution is 5.75. The minimum Gasteiger partial charge on any atom is -0.481 e. The third-order valence-corrected chi connectivity index (χ3v) is 4.54. The molecule has 2 aliphatic rings. The number of hydrogen-bond donors (Lipinski definition) is 1. The van der Waals surface area contributed by atoms with Crippen LogP contribution in [-0.4, -0.2) is 65.8 Å². The van der Waals surface area contributed by atoms with Gasteiger partial charge in [-0.2, -0.15) is 0 Å². The molecule has 1 unspecified atom stereocenters. The predicted octanol–water partition coefficient (Wildman–Crippen LogP) is 1.40. The Bertz CT molecular complexity index is 379. The molecule has 20 heavy (non-hydrogen) atoms. The summed E-state index contributed by atoms with van der Waals surface area (Å²) in [7, 11) is 1.69. The van der Waals surface area contributed by atoms with E-state index < -0.39 is 5.97 Å². The number of likely N-dealkylation sites (tertiary alicyclic amines) is 2. The SMILES string of the molecule is COC1(C)CCCN(C(=O)N2CCC(C(=O)O)CC2)C1. The molecule has 0 saturated carbocycles. The van der Waals surface area contributed by atoms with E-state index in [0.717, 1.165) is 19.4 Å². The van der Waals surface area contributed by atoms with E-state index in [-0.39, 0.29) is 17.6 Å². The number of carboxylic acid groups (broad SMARTS) is 1. The van der Waals surface area contributed by atoms with Crippen LogP contribution in [-0.2, 0) is 9.53 Å². The summed E-state index contributed by atoms with van der Waals surface area (Å²) >= 11 is 0. The zero-order chi connectivity index (χ0) is 14.8. The van der Waals surface area contributed by atoms with Crippen molar-refractivity contribution in [2.45, 2.75) is 38.2 Å². The number of piperidine rings is 2. The topological polar surface area (TPSA) is 70.1 Å². The van der Waals surface area contributed by atoms with Crippen LogP contribution in [0, 0.1) is 5.92 Å². The number of hydrogen-bond acceptors (Lipinski definition) is 3. The van der Waals surface area contributed by atoms with Crippen LogP contribution in [0.1, 0.15) is 32.6 Å². The highest BCUT2D eigenvalue weighted by Gasteiger charge is 2.36. The summed E-state index contributed by atoms with van der Waals surface area (Å²) in [5.41, 5.74) is -0.257. The zero-order valence-corrected chi connectivity index (χ0v) is 12.3. The average molecular weight is 284 g/mol. The van der Waals surface area contributed by atoms with E-state index in [4.69, 9.17) is 9.84 Å². The van der Waals surface area contributed by atoms with Crippen LogP contribution >= 0.6 is 0 Å². The molecule has 2 rings (SSSR count). The molecule has 2 saturated heterocycles. The third-order valence-electron chi connectivity index (χ3n) is 4.54. The van der Waals surface area contributed by atoms with Crippen molar-refractivity contribution in [3.05, 3.63) is 0 Å². The van der Waals surface area contributed by atoms with Gasteiger partial charge in [0.1, 0.15) is 0 Å². The molecular weight excluding hydrogens is 260 g/mol. The van der Waals surface area contributed by atoms with Crippen LogP contribution in [0.5, 0.6) is 0 Å². The predicted molar refractivity (Wildman–Crippen MR) is 73.5 cm³/mol. The Morgan fingerprint density at radius 2 is 1.85 bits per heavy atom. The first-order chi connectivity index (χ1) is 9.45. The molecule has 6 heteroatoms. The number of carboxylic acids is 1. The second-order valence-electron chi connectivity index (χ2n) is 6.06. The quantitative estimate of drug-likeness (QED) is 0.832. The maximum absolute atomic E-state index is 12.5. The molecule has 0 spiro atoms. The zero-order valence-electron chi connectivity index (χ0n) is 12.3. The number of aliphatic carboxylic acids is 1. The summed E-state index contributed by atoms with van der Waals surface area (Å²) in [4.78, 5) is 27.0. The van der Waals surface area contributed by atoms with Crippen LogP contribution < -0.4 is 0 Å². The summed E-state index contributed by atoms with van der Waals surface area (Å²) in [6, 6.07) is 0.0248. The van der Waals surface area contributed by atoms with Crippen LogP contribution in [0.15, 0.2) is 0 Å². The number of nitrogens with zero attached hydrogens (tertiary/aromatic N) is 2. The van der Waals surface area contributed by atoms with E-state index >= 15 is 0 Å². The highest BCUT2D eigenvalue weighted by atomic mass is 16.5. The van der Waals surface area contributed by atoms with E-state index in [1.165, 1.54) is 0 Å². The molecule has 6 nitrogen and oxygen atoms in total. The molecule has 0 aliphatic carbocycles. The van der Waals surface area contributed by atoms with Crippen molar-refractivity contribution < 1.29 is 19.4 Å². The fourth-order valence-electron chi connectivity index (χ4n) is 3.05. The van der Waals surface area contributed by atoms with E-state index in [1.54, 1.807) is 12.0 Å². The number of rotatable bonds is 2. The number of carbonyl (C=O) groups excluding carboxylic acids is 1. The normalized spacial score (nSPS) is 28.5. The molecule has 0 aromatic rings. The van der Waals surface area contributed by atoms with Gasteiger partial charge in [-0.1, -0.05) is 0 Å². The van der Waals surface area contributed by atoms with Crippen molar-refractivity contribution in [3.8, 4) is 0 Å². The van der Waals surface area contributed by atoms with Gasteiger partial charge in [-0.3, -0.25) is 4.79 Å². The minimum absolute atomic E-state index is 0.0248. The van der Waals surface area contributed by atoms with Crippen molar-refractivity contribution in [1.82, 2.24) is 9.80 Å². The van der Waals surface area contributed by atoms with Gasteiger partial charge < -0.3 is 19.6 Å². The number of urea groups is 1. The molecule has 1 N–H and O–H groups in total. The molecule has 0 aromatic carbocycles. The fourth-order valence-corrected chi connectivity index (χ4v) is 3.05. The maximum atomic E-state index is 12.5. The van der Waals surface area contributed by atoms with Crippen LogP contribution in [0.3, 0.4) is 0 Å². The third kappa shape index (κ3) is 3.23. The fraction of sp³-hybridized carbons (Fsp3) is 0.857. The lowest BCUT2D eigenvalue weighted by atomic mass is 9.94. The summed E-state index contributed by atoms with van der Waals surface area (Å²) < 4.78 is 5.50. The van der Waals surface area contributed by atoms with Gasteiger partial charge in [0, 0.05) is 26.7 Å². The second-order valence-corrected chi connectivity index (χ2v) is 6.06. The minimum atomic E-state index is -0.748. The van der Waals surface area contributed by atoms with Crippen LogP contribution in [0.25, 0.3) is 0 Å². The van der Waals surface area contributed by atoms with Crippen molar-refractivity contribution in [3.63, 3.8) is 0 Å². The van der Waals surface area contributed by atoms with E-state index in [0.29, 0.717) is 32.5 Å². The lowest BCUT2D eigenvalue weighted by Gasteiger charge is -2.42. The number of carbonyl (C=O) groups is 2. The summed E-state index contributed by atoms with van der Waals surface area (Å²) in [6.07, 6.45) is 3.02. The van der Waals surface area contributed by atoms with Gasteiger partial charge in [-0.25, -0.2) is 4.79 Å². The van der Waals surface area contributed by atoms with Gasteiger partial charge in [-0.15, -0.1) is 0 Å². The first-order valence-corrected chi connectivity index (χ1v) is 7.27. The Labute approximate surface area is 119 Å². The first kappa shape index (κ1) is 15.1. The Morgan fingerprint density at radius 1 is 1.20 bits per heavy atom. The second kappa shape index (κ2) is 5.99. The molecule has 114 valence electrons.